The van der Waals surface area contributed by atoms with Crippen molar-refractivity contribution >= 4 is 0 Å². The number of unbranched alkanes of at least 4 members (excludes halogenated alkanes) is 2. The summed E-state index contributed by atoms with van der Waals surface area (Å²) in [5, 5.41) is 27.6. The van der Waals surface area contributed by atoms with Crippen molar-refractivity contribution in [1.29, 1.82) is 0 Å². The second-order valence-corrected chi connectivity index (χ2v) is 3.44. The molecule has 1 aromatic heterocycles. The van der Waals surface area contributed by atoms with Gasteiger partial charge in [-0.25, -0.2) is 0 Å². The summed E-state index contributed by atoms with van der Waals surface area (Å²) in [5.41, 5.74) is 0. The van der Waals surface area contributed by atoms with E-state index in [4.69, 9.17) is 9.84 Å². The van der Waals surface area contributed by atoms with Crippen molar-refractivity contribution in [1.82, 2.24) is 4.98 Å². The Labute approximate surface area is 88.3 Å². The zero-order valence-corrected chi connectivity index (χ0v) is 8.73. The number of hydrogen-bond donors (Lipinski definition) is 4. The summed E-state index contributed by atoms with van der Waals surface area (Å²) < 4.78 is 5.03. The molecule has 5 heteroatoms. The van der Waals surface area contributed by atoms with Crippen LogP contribution in [0.15, 0.2) is 6.07 Å². The molecule has 1 atom stereocenters. The smallest absolute Gasteiger partial charge is 0.235 e. The van der Waals surface area contributed by atoms with Gasteiger partial charge in [0.1, 0.15) is 0 Å². The van der Waals surface area contributed by atoms with Crippen LogP contribution in [-0.4, -0.2) is 26.6 Å². The number of aromatic amines is 1. The van der Waals surface area contributed by atoms with Gasteiger partial charge in [-0.05, 0) is 6.42 Å². The Hall–Kier alpha value is -1.36. The number of aliphatic hydroxyl groups excluding tert-OH is 1. The predicted octanol–water partition coefficient (Wildman–Crippen LogP) is 1.70. The number of aromatic nitrogens is 1. The van der Waals surface area contributed by atoms with Crippen molar-refractivity contribution in [2.24, 2.45) is 0 Å². The standard InChI is InChI=1S/C10H17NO4/c1-2-3-4-5-9(13)15-7-6-8(12)11-10(7)14/h6,9,11-14H,2-5H2,1H3. The average molecular weight is 215 g/mol. The zero-order chi connectivity index (χ0) is 11.3. The van der Waals surface area contributed by atoms with Gasteiger partial charge in [-0.3, -0.25) is 4.98 Å². The highest BCUT2D eigenvalue weighted by Crippen LogP contribution is 2.30. The molecular formula is C10H17NO4. The maximum absolute atomic E-state index is 9.43. The lowest BCUT2D eigenvalue weighted by molar-refractivity contribution is -0.0260. The van der Waals surface area contributed by atoms with Crippen LogP contribution >= 0.6 is 0 Å². The number of rotatable bonds is 6. The number of hydrogen-bond acceptors (Lipinski definition) is 4. The normalized spacial score (nSPS) is 12.7. The van der Waals surface area contributed by atoms with Crippen LogP contribution in [0.5, 0.6) is 17.5 Å². The highest BCUT2D eigenvalue weighted by Gasteiger charge is 2.12. The van der Waals surface area contributed by atoms with Crippen LogP contribution in [0.3, 0.4) is 0 Å². The van der Waals surface area contributed by atoms with Gasteiger partial charge in [0.25, 0.3) is 0 Å². The maximum Gasteiger partial charge on any atom is 0.235 e. The van der Waals surface area contributed by atoms with E-state index in [9.17, 15) is 10.2 Å². The zero-order valence-electron chi connectivity index (χ0n) is 8.73. The fourth-order valence-corrected chi connectivity index (χ4v) is 1.28. The Morgan fingerprint density at radius 2 is 2.13 bits per heavy atom. The maximum atomic E-state index is 9.43. The van der Waals surface area contributed by atoms with Crippen molar-refractivity contribution in [3.8, 4) is 17.5 Å². The number of ether oxygens (including phenoxy) is 1. The topological polar surface area (TPSA) is 85.7 Å². The van der Waals surface area contributed by atoms with Crippen LogP contribution in [0.2, 0.25) is 0 Å². The van der Waals surface area contributed by atoms with E-state index in [0.29, 0.717) is 6.42 Å². The summed E-state index contributed by atoms with van der Waals surface area (Å²) >= 11 is 0. The molecule has 15 heavy (non-hydrogen) atoms. The molecule has 5 nitrogen and oxygen atoms in total. The van der Waals surface area contributed by atoms with E-state index < -0.39 is 6.29 Å². The van der Waals surface area contributed by atoms with E-state index in [2.05, 4.69) is 11.9 Å². The van der Waals surface area contributed by atoms with Crippen LogP contribution in [0, 0.1) is 0 Å². The second kappa shape index (κ2) is 5.50. The lowest BCUT2D eigenvalue weighted by atomic mass is 10.2. The summed E-state index contributed by atoms with van der Waals surface area (Å²) in [7, 11) is 0. The summed E-state index contributed by atoms with van der Waals surface area (Å²) in [6.45, 7) is 2.07. The molecule has 0 aromatic carbocycles. The number of H-pyrrole nitrogens is 1. The molecule has 0 saturated carbocycles. The Morgan fingerprint density at radius 3 is 2.67 bits per heavy atom. The molecule has 1 unspecified atom stereocenters. The fourth-order valence-electron chi connectivity index (χ4n) is 1.28. The van der Waals surface area contributed by atoms with Crippen LogP contribution in [0.4, 0.5) is 0 Å². The second-order valence-electron chi connectivity index (χ2n) is 3.44. The Kier molecular flexibility index (Phi) is 4.30. The monoisotopic (exact) mass is 215 g/mol. The van der Waals surface area contributed by atoms with E-state index in [1.165, 1.54) is 6.07 Å². The van der Waals surface area contributed by atoms with E-state index in [1.54, 1.807) is 0 Å². The Balaban J connectivity index is 2.37. The van der Waals surface area contributed by atoms with Gasteiger partial charge in [0, 0.05) is 12.5 Å². The van der Waals surface area contributed by atoms with Gasteiger partial charge in [0.15, 0.2) is 17.9 Å². The summed E-state index contributed by atoms with van der Waals surface area (Å²) in [6, 6.07) is 1.22. The van der Waals surface area contributed by atoms with Crippen LogP contribution in [0.25, 0.3) is 0 Å². The average Bonchev–Trinajstić information content (AvgIpc) is 2.45. The fraction of sp³-hybridized carbons (Fsp3) is 0.600. The molecule has 1 heterocycles. The third-order valence-electron chi connectivity index (χ3n) is 2.07. The van der Waals surface area contributed by atoms with Crippen LogP contribution < -0.4 is 4.74 Å². The highest BCUT2D eigenvalue weighted by atomic mass is 16.6. The first-order chi connectivity index (χ1) is 7.13. The number of aliphatic hydroxyl groups is 1. The molecule has 0 fully saturated rings. The van der Waals surface area contributed by atoms with Gasteiger partial charge in [0.05, 0.1) is 0 Å². The molecule has 1 aromatic rings. The third kappa shape index (κ3) is 3.71. The molecule has 0 amide bonds. The Bertz CT molecular complexity index is 298. The van der Waals surface area contributed by atoms with E-state index in [-0.39, 0.29) is 17.5 Å². The molecule has 0 bridgehead atoms. The highest BCUT2D eigenvalue weighted by molar-refractivity contribution is 5.38. The van der Waals surface area contributed by atoms with Gasteiger partial charge in [-0.2, -0.15) is 0 Å². The van der Waals surface area contributed by atoms with Gasteiger partial charge in [0.2, 0.25) is 5.88 Å². The lowest BCUT2D eigenvalue weighted by Gasteiger charge is -2.11. The molecule has 0 spiro atoms. The Morgan fingerprint density at radius 1 is 1.40 bits per heavy atom. The van der Waals surface area contributed by atoms with Gasteiger partial charge >= 0.3 is 0 Å². The first-order valence-electron chi connectivity index (χ1n) is 5.09. The molecule has 0 radical (unpaired) electrons. The largest absolute Gasteiger partial charge is 0.494 e. The van der Waals surface area contributed by atoms with E-state index in [0.717, 1.165) is 19.3 Å². The van der Waals surface area contributed by atoms with E-state index >= 15 is 0 Å². The minimum Gasteiger partial charge on any atom is -0.494 e. The van der Waals surface area contributed by atoms with Gasteiger partial charge in [-0.15, -0.1) is 0 Å². The quantitative estimate of drug-likeness (QED) is 0.430. The van der Waals surface area contributed by atoms with Crippen molar-refractivity contribution in [2.75, 3.05) is 0 Å². The first kappa shape index (κ1) is 11.7. The lowest BCUT2D eigenvalue weighted by Crippen LogP contribution is -2.14. The molecule has 1 rings (SSSR count). The molecule has 0 aliphatic heterocycles. The number of aromatic hydroxyl groups is 2. The minimum atomic E-state index is -0.947. The van der Waals surface area contributed by atoms with Gasteiger partial charge < -0.3 is 20.1 Å². The van der Waals surface area contributed by atoms with Crippen molar-refractivity contribution in [3.63, 3.8) is 0 Å². The molecule has 0 aliphatic carbocycles. The summed E-state index contributed by atoms with van der Waals surface area (Å²) in [5.74, 6) is -0.401. The summed E-state index contributed by atoms with van der Waals surface area (Å²) in [4.78, 5) is 2.26. The van der Waals surface area contributed by atoms with Crippen molar-refractivity contribution < 1.29 is 20.1 Å². The molecular weight excluding hydrogens is 198 g/mol. The third-order valence-corrected chi connectivity index (χ3v) is 2.07. The SMILES string of the molecule is CCCCCC(O)Oc1cc(O)[nH]c1O. The van der Waals surface area contributed by atoms with Gasteiger partial charge in [-0.1, -0.05) is 19.8 Å². The molecule has 86 valence electrons. The summed E-state index contributed by atoms with van der Waals surface area (Å²) in [6.07, 6.45) is 2.54. The number of nitrogens with one attached hydrogen (secondary N) is 1. The molecule has 0 saturated heterocycles. The first-order valence-corrected chi connectivity index (χ1v) is 5.09. The minimum absolute atomic E-state index is 0.0662. The van der Waals surface area contributed by atoms with Crippen molar-refractivity contribution in [3.05, 3.63) is 6.07 Å². The van der Waals surface area contributed by atoms with Crippen molar-refractivity contribution in [2.45, 2.75) is 38.9 Å². The van der Waals surface area contributed by atoms with E-state index in [1.807, 2.05) is 0 Å². The molecule has 0 aliphatic rings. The van der Waals surface area contributed by atoms with Crippen LogP contribution in [0.1, 0.15) is 32.6 Å². The molecule has 4 N–H and O–H groups in total. The predicted molar refractivity (Wildman–Crippen MR) is 54.9 cm³/mol. The van der Waals surface area contributed by atoms with Crippen LogP contribution in [-0.2, 0) is 0 Å².